The molecule has 0 saturated carbocycles. The Hall–Kier alpha value is -1.39. The van der Waals surface area contributed by atoms with Crippen molar-refractivity contribution in [2.45, 2.75) is 32.7 Å². The SMILES string of the molecule is CCOC(=O)C1(CCOC)CCN(Cc2ccccc2)CC1. The second-order valence-corrected chi connectivity index (χ2v) is 6.01. The van der Waals surface area contributed by atoms with Crippen molar-refractivity contribution in [3.63, 3.8) is 0 Å². The average molecular weight is 305 g/mol. The molecule has 0 bridgehead atoms. The number of carbonyl (C=O) groups excluding carboxylic acids is 1. The highest BCUT2D eigenvalue weighted by Crippen LogP contribution is 2.37. The molecule has 2 rings (SSSR count). The summed E-state index contributed by atoms with van der Waals surface area (Å²) in [4.78, 5) is 14.8. The summed E-state index contributed by atoms with van der Waals surface area (Å²) in [7, 11) is 1.68. The molecule has 0 aromatic heterocycles. The quantitative estimate of drug-likeness (QED) is 0.726. The first-order valence-corrected chi connectivity index (χ1v) is 8.12. The number of piperidine rings is 1. The van der Waals surface area contributed by atoms with Gasteiger partial charge in [-0.1, -0.05) is 30.3 Å². The third-order valence-corrected chi connectivity index (χ3v) is 4.56. The second kappa shape index (κ2) is 8.30. The van der Waals surface area contributed by atoms with E-state index < -0.39 is 0 Å². The van der Waals surface area contributed by atoms with Crippen molar-refractivity contribution >= 4 is 5.97 Å². The standard InChI is InChI=1S/C18H27NO3/c1-3-22-17(20)18(11-14-21-2)9-12-19(13-10-18)15-16-7-5-4-6-8-16/h4-8H,3,9-15H2,1-2H3. The first kappa shape index (κ1) is 17.0. The van der Waals surface area contributed by atoms with E-state index in [1.165, 1.54) is 5.56 Å². The first-order valence-electron chi connectivity index (χ1n) is 8.12. The number of hydrogen-bond donors (Lipinski definition) is 0. The predicted molar refractivity (Wildman–Crippen MR) is 86.5 cm³/mol. The van der Waals surface area contributed by atoms with Crippen molar-refractivity contribution < 1.29 is 14.3 Å². The molecule has 4 nitrogen and oxygen atoms in total. The third kappa shape index (κ3) is 4.31. The van der Waals surface area contributed by atoms with E-state index in [1.54, 1.807) is 7.11 Å². The van der Waals surface area contributed by atoms with Crippen LogP contribution in [0.15, 0.2) is 30.3 Å². The fourth-order valence-corrected chi connectivity index (χ4v) is 3.12. The van der Waals surface area contributed by atoms with Gasteiger partial charge in [0.05, 0.1) is 12.0 Å². The molecule has 22 heavy (non-hydrogen) atoms. The topological polar surface area (TPSA) is 38.8 Å². The van der Waals surface area contributed by atoms with Gasteiger partial charge < -0.3 is 9.47 Å². The molecule has 0 N–H and O–H groups in total. The molecule has 0 spiro atoms. The van der Waals surface area contributed by atoms with Crippen LogP contribution in [0.25, 0.3) is 0 Å². The van der Waals surface area contributed by atoms with Crippen molar-refractivity contribution in [2.24, 2.45) is 5.41 Å². The van der Waals surface area contributed by atoms with Gasteiger partial charge in [-0.3, -0.25) is 9.69 Å². The molecule has 4 heteroatoms. The molecule has 0 aliphatic carbocycles. The zero-order chi connectivity index (χ0) is 15.8. The highest BCUT2D eigenvalue weighted by atomic mass is 16.5. The van der Waals surface area contributed by atoms with Crippen LogP contribution in [0.5, 0.6) is 0 Å². The Morgan fingerprint density at radius 3 is 2.50 bits per heavy atom. The number of benzene rings is 1. The van der Waals surface area contributed by atoms with E-state index in [1.807, 2.05) is 13.0 Å². The van der Waals surface area contributed by atoms with Gasteiger partial charge in [-0.2, -0.15) is 0 Å². The van der Waals surface area contributed by atoms with Crippen LogP contribution < -0.4 is 0 Å². The zero-order valence-electron chi connectivity index (χ0n) is 13.7. The fourth-order valence-electron chi connectivity index (χ4n) is 3.12. The Labute approximate surface area is 133 Å². The molecule has 1 aliphatic rings. The molecule has 1 heterocycles. The number of carbonyl (C=O) groups is 1. The summed E-state index contributed by atoms with van der Waals surface area (Å²) in [5.41, 5.74) is 0.960. The van der Waals surface area contributed by atoms with Crippen LogP contribution >= 0.6 is 0 Å². The van der Waals surface area contributed by atoms with Gasteiger partial charge in [-0.25, -0.2) is 0 Å². The number of likely N-dealkylation sites (tertiary alicyclic amines) is 1. The van der Waals surface area contributed by atoms with Gasteiger partial charge in [0, 0.05) is 20.3 Å². The normalized spacial score (nSPS) is 18.1. The van der Waals surface area contributed by atoms with Gasteiger partial charge >= 0.3 is 5.97 Å². The van der Waals surface area contributed by atoms with Crippen LogP contribution in [0, 0.1) is 5.41 Å². The molecule has 122 valence electrons. The van der Waals surface area contributed by atoms with Crippen molar-refractivity contribution in [3.8, 4) is 0 Å². The minimum Gasteiger partial charge on any atom is -0.466 e. The number of rotatable bonds is 7. The molecule has 0 amide bonds. The lowest BCUT2D eigenvalue weighted by molar-refractivity contribution is -0.160. The predicted octanol–water partition coefficient (Wildman–Crippen LogP) is 2.87. The lowest BCUT2D eigenvalue weighted by atomic mass is 9.75. The molecular formula is C18H27NO3. The third-order valence-electron chi connectivity index (χ3n) is 4.56. The molecule has 1 aliphatic heterocycles. The molecule has 1 aromatic rings. The van der Waals surface area contributed by atoms with Gasteiger partial charge in [0.15, 0.2) is 0 Å². The first-order chi connectivity index (χ1) is 10.7. The summed E-state index contributed by atoms with van der Waals surface area (Å²) >= 11 is 0. The number of ether oxygens (including phenoxy) is 2. The maximum atomic E-state index is 12.4. The van der Waals surface area contributed by atoms with E-state index in [0.717, 1.165) is 38.9 Å². The Balaban J connectivity index is 1.95. The maximum absolute atomic E-state index is 12.4. The number of esters is 1. The summed E-state index contributed by atoms with van der Waals surface area (Å²) < 4.78 is 10.5. The molecule has 0 unspecified atom stereocenters. The largest absolute Gasteiger partial charge is 0.466 e. The summed E-state index contributed by atoms with van der Waals surface area (Å²) in [5, 5.41) is 0. The van der Waals surface area contributed by atoms with Gasteiger partial charge in [0.25, 0.3) is 0 Å². The number of nitrogens with zero attached hydrogens (tertiary/aromatic N) is 1. The van der Waals surface area contributed by atoms with Crippen molar-refractivity contribution in [3.05, 3.63) is 35.9 Å². The zero-order valence-corrected chi connectivity index (χ0v) is 13.7. The van der Waals surface area contributed by atoms with E-state index >= 15 is 0 Å². The molecule has 0 radical (unpaired) electrons. The second-order valence-electron chi connectivity index (χ2n) is 6.01. The lowest BCUT2D eigenvalue weighted by Crippen LogP contribution is -2.45. The van der Waals surface area contributed by atoms with Crippen LogP contribution in [0.1, 0.15) is 31.7 Å². The van der Waals surface area contributed by atoms with Crippen molar-refractivity contribution in [2.75, 3.05) is 33.4 Å². The minimum atomic E-state index is -0.362. The fraction of sp³-hybridized carbons (Fsp3) is 0.611. The Morgan fingerprint density at radius 2 is 1.91 bits per heavy atom. The van der Waals surface area contributed by atoms with E-state index in [2.05, 4.69) is 29.2 Å². The summed E-state index contributed by atoms with van der Waals surface area (Å²) in [6.07, 6.45) is 2.45. The van der Waals surface area contributed by atoms with E-state index in [0.29, 0.717) is 13.2 Å². The Kier molecular flexibility index (Phi) is 6.40. The molecule has 1 fully saturated rings. The van der Waals surface area contributed by atoms with E-state index in [9.17, 15) is 4.79 Å². The molecule has 0 atom stereocenters. The molecule has 1 saturated heterocycles. The van der Waals surface area contributed by atoms with Crippen LogP contribution in [0.2, 0.25) is 0 Å². The van der Waals surface area contributed by atoms with E-state index in [4.69, 9.17) is 9.47 Å². The number of hydrogen-bond acceptors (Lipinski definition) is 4. The van der Waals surface area contributed by atoms with Gasteiger partial charge in [0.2, 0.25) is 0 Å². The summed E-state index contributed by atoms with van der Waals surface area (Å²) in [5.74, 6) is -0.0496. The van der Waals surface area contributed by atoms with Crippen LogP contribution in [0.3, 0.4) is 0 Å². The average Bonchev–Trinajstić information content (AvgIpc) is 2.55. The van der Waals surface area contributed by atoms with Crippen LogP contribution in [0.4, 0.5) is 0 Å². The van der Waals surface area contributed by atoms with Crippen LogP contribution in [-0.2, 0) is 20.8 Å². The van der Waals surface area contributed by atoms with Gasteiger partial charge in [-0.15, -0.1) is 0 Å². The highest BCUT2D eigenvalue weighted by Gasteiger charge is 2.42. The molecule has 1 aromatic carbocycles. The maximum Gasteiger partial charge on any atom is 0.312 e. The minimum absolute atomic E-state index is 0.0496. The van der Waals surface area contributed by atoms with E-state index in [-0.39, 0.29) is 11.4 Å². The molecular weight excluding hydrogens is 278 g/mol. The van der Waals surface area contributed by atoms with Gasteiger partial charge in [-0.05, 0) is 44.8 Å². The Morgan fingerprint density at radius 1 is 1.23 bits per heavy atom. The Bertz CT molecular complexity index is 453. The van der Waals surface area contributed by atoms with Crippen molar-refractivity contribution in [1.29, 1.82) is 0 Å². The monoisotopic (exact) mass is 305 g/mol. The smallest absolute Gasteiger partial charge is 0.312 e. The van der Waals surface area contributed by atoms with Crippen molar-refractivity contribution in [1.82, 2.24) is 4.90 Å². The van der Waals surface area contributed by atoms with Crippen LogP contribution in [-0.4, -0.2) is 44.3 Å². The lowest BCUT2D eigenvalue weighted by Gasteiger charge is -2.39. The van der Waals surface area contributed by atoms with Gasteiger partial charge in [0.1, 0.15) is 0 Å². The summed E-state index contributed by atoms with van der Waals surface area (Å²) in [6, 6.07) is 10.5. The summed E-state index contributed by atoms with van der Waals surface area (Å²) in [6.45, 7) is 5.73. The highest BCUT2D eigenvalue weighted by molar-refractivity contribution is 5.77. The number of methoxy groups -OCH3 is 1.